The molecule has 0 spiro atoms. The van der Waals surface area contributed by atoms with Crippen LogP contribution in [0.2, 0.25) is 0 Å². The lowest BCUT2D eigenvalue weighted by atomic mass is 10.4. The molecule has 0 radical (unpaired) electrons. The van der Waals surface area contributed by atoms with Gasteiger partial charge in [0.2, 0.25) is 5.95 Å². The van der Waals surface area contributed by atoms with E-state index in [1.54, 1.807) is 0 Å². The van der Waals surface area contributed by atoms with E-state index in [1.807, 2.05) is 6.92 Å². The Kier molecular flexibility index (Phi) is 4.87. The first-order valence-electron chi connectivity index (χ1n) is 5.08. The Labute approximate surface area is 92.9 Å². The number of hydrogen-bond donors (Lipinski definition) is 2. The van der Waals surface area contributed by atoms with Gasteiger partial charge in [0.05, 0.1) is 19.3 Å². The Balaban J connectivity index is 2.49. The second-order valence-corrected chi connectivity index (χ2v) is 3.38. The first-order chi connectivity index (χ1) is 7.63. The minimum absolute atomic E-state index is 0.0713. The van der Waals surface area contributed by atoms with Crippen molar-refractivity contribution in [1.82, 2.24) is 14.5 Å². The van der Waals surface area contributed by atoms with E-state index in [4.69, 9.17) is 10.5 Å². The minimum Gasteiger partial charge on any atom is -0.389 e. The normalized spacial score (nSPS) is 12.6. The van der Waals surface area contributed by atoms with Crippen molar-refractivity contribution in [2.75, 3.05) is 18.9 Å². The van der Waals surface area contributed by atoms with Crippen LogP contribution >= 0.6 is 0 Å². The summed E-state index contributed by atoms with van der Waals surface area (Å²) in [6, 6.07) is 0. The van der Waals surface area contributed by atoms with Gasteiger partial charge in [0.15, 0.2) is 0 Å². The van der Waals surface area contributed by atoms with Gasteiger partial charge in [-0.3, -0.25) is 4.57 Å². The average Bonchev–Trinajstić information content (AvgIpc) is 2.23. The summed E-state index contributed by atoms with van der Waals surface area (Å²) in [4.78, 5) is 18.4. The van der Waals surface area contributed by atoms with Crippen LogP contribution in [0.5, 0.6) is 0 Å². The Morgan fingerprint density at radius 2 is 2.44 bits per heavy atom. The summed E-state index contributed by atoms with van der Waals surface area (Å²) in [5, 5.41) is 9.55. The summed E-state index contributed by atoms with van der Waals surface area (Å²) < 4.78 is 6.34. The number of aliphatic hydroxyl groups excluding tert-OH is 1. The molecule has 1 unspecified atom stereocenters. The van der Waals surface area contributed by atoms with Crippen LogP contribution in [-0.2, 0) is 11.3 Å². The molecule has 90 valence electrons. The van der Waals surface area contributed by atoms with Crippen LogP contribution in [0.1, 0.15) is 13.3 Å². The van der Waals surface area contributed by atoms with Crippen molar-refractivity contribution < 1.29 is 9.84 Å². The fourth-order valence-electron chi connectivity index (χ4n) is 1.14. The van der Waals surface area contributed by atoms with Crippen molar-refractivity contribution in [3.8, 4) is 0 Å². The third-order valence-corrected chi connectivity index (χ3v) is 1.85. The van der Waals surface area contributed by atoms with Gasteiger partial charge in [-0.05, 0) is 6.42 Å². The van der Waals surface area contributed by atoms with Gasteiger partial charge in [-0.25, -0.2) is 9.78 Å². The highest BCUT2D eigenvalue weighted by Gasteiger charge is 2.07. The Bertz CT molecular complexity index is 379. The monoisotopic (exact) mass is 228 g/mol. The van der Waals surface area contributed by atoms with Gasteiger partial charge in [0, 0.05) is 6.61 Å². The molecule has 0 fully saturated rings. The smallest absolute Gasteiger partial charge is 0.352 e. The number of anilines is 1. The number of aliphatic hydroxyl groups is 1. The highest BCUT2D eigenvalue weighted by atomic mass is 16.5. The summed E-state index contributed by atoms with van der Waals surface area (Å²) >= 11 is 0. The number of nitrogens with zero attached hydrogens (tertiary/aromatic N) is 3. The summed E-state index contributed by atoms with van der Waals surface area (Å²) in [5.41, 5.74) is 4.71. The van der Waals surface area contributed by atoms with Gasteiger partial charge in [-0.1, -0.05) is 6.92 Å². The van der Waals surface area contributed by atoms with E-state index in [0.29, 0.717) is 6.61 Å². The zero-order valence-corrected chi connectivity index (χ0v) is 9.17. The summed E-state index contributed by atoms with van der Waals surface area (Å²) in [6.45, 7) is 2.85. The molecule has 0 aliphatic heterocycles. The predicted octanol–water partition coefficient (Wildman–Crippen LogP) is -0.992. The van der Waals surface area contributed by atoms with Crippen LogP contribution in [0.25, 0.3) is 0 Å². The van der Waals surface area contributed by atoms with Crippen LogP contribution in [0, 0.1) is 0 Å². The van der Waals surface area contributed by atoms with Gasteiger partial charge in [0.1, 0.15) is 6.33 Å². The molecule has 0 bridgehead atoms. The molecular formula is C9H16N4O3. The number of aromatic nitrogens is 3. The fourth-order valence-corrected chi connectivity index (χ4v) is 1.14. The fraction of sp³-hybridized carbons (Fsp3) is 0.667. The van der Waals surface area contributed by atoms with E-state index >= 15 is 0 Å². The molecule has 0 saturated heterocycles. The second kappa shape index (κ2) is 6.19. The lowest BCUT2D eigenvalue weighted by Crippen LogP contribution is -2.31. The minimum atomic E-state index is -0.753. The van der Waals surface area contributed by atoms with Crippen LogP contribution < -0.4 is 11.4 Å². The van der Waals surface area contributed by atoms with Crippen molar-refractivity contribution in [2.45, 2.75) is 26.0 Å². The molecule has 0 amide bonds. The third-order valence-electron chi connectivity index (χ3n) is 1.85. The maximum absolute atomic E-state index is 11.3. The van der Waals surface area contributed by atoms with E-state index in [-0.39, 0.29) is 19.1 Å². The molecule has 0 saturated carbocycles. The number of nitrogens with two attached hydrogens (primary N) is 1. The Morgan fingerprint density at radius 3 is 3.06 bits per heavy atom. The lowest BCUT2D eigenvalue weighted by molar-refractivity contribution is 0.0276. The molecule has 1 rings (SSSR count). The number of rotatable bonds is 6. The Morgan fingerprint density at radius 1 is 1.69 bits per heavy atom. The molecule has 1 aromatic rings. The zero-order chi connectivity index (χ0) is 12.0. The highest BCUT2D eigenvalue weighted by Crippen LogP contribution is 1.91. The van der Waals surface area contributed by atoms with Gasteiger partial charge in [-0.15, -0.1) is 0 Å². The quantitative estimate of drug-likeness (QED) is 0.606. The largest absolute Gasteiger partial charge is 0.389 e. The summed E-state index contributed by atoms with van der Waals surface area (Å²) in [7, 11) is 0. The molecule has 0 aliphatic rings. The van der Waals surface area contributed by atoms with E-state index < -0.39 is 11.8 Å². The van der Waals surface area contributed by atoms with Crippen LogP contribution in [-0.4, -0.2) is 39.0 Å². The van der Waals surface area contributed by atoms with Crippen molar-refractivity contribution in [3.63, 3.8) is 0 Å². The molecule has 3 N–H and O–H groups in total. The SMILES string of the molecule is CCCOCC(O)Cn1cnc(N)nc1=O. The van der Waals surface area contributed by atoms with E-state index in [9.17, 15) is 9.90 Å². The molecule has 0 aromatic carbocycles. The second-order valence-electron chi connectivity index (χ2n) is 3.38. The van der Waals surface area contributed by atoms with E-state index in [0.717, 1.165) is 6.42 Å². The molecule has 1 atom stereocenters. The van der Waals surface area contributed by atoms with Crippen LogP contribution in [0.3, 0.4) is 0 Å². The topological polar surface area (TPSA) is 103 Å². The molecular weight excluding hydrogens is 212 g/mol. The van der Waals surface area contributed by atoms with E-state index in [2.05, 4.69) is 9.97 Å². The van der Waals surface area contributed by atoms with Crippen molar-refractivity contribution in [2.24, 2.45) is 0 Å². The molecule has 1 aromatic heterocycles. The number of ether oxygens (including phenoxy) is 1. The van der Waals surface area contributed by atoms with Crippen molar-refractivity contribution >= 4 is 5.95 Å². The highest BCUT2D eigenvalue weighted by molar-refractivity contribution is 5.09. The van der Waals surface area contributed by atoms with Gasteiger partial charge in [-0.2, -0.15) is 4.98 Å². The van der Waals surface area contributed by atoms with Crippen LogP contribution in [0.4, 0.5) is 5.95 Å². The van der Waals surface area contributed by atoms with Crippen LogP contribution in [0.15, 0.2) is 11.1 Å². The molecule has 7 nitrogen and oxygen atoms in total. The number of hydrogen-bond acceptors (Lipinski definition) is 6. The maximum Gasteiger partial charge on any atom is 0.352 e. The predicted molar refractivity (Wildman–Crippen MR) is 57.8 cm³/mol. The molecule has 7 heteroatoms. The van der Waals surface area contributed by atoms with Gasteiger partial charge >= 0.3 is 5.69 Å². The summed E-state index contributed by atoms with van der Waals surface area (Å²) in [5.74, 6) is -0.0713. The Hall–Kier alpha value is -1.47. The van der Waals surface area contributed by atoms with E-state index in [1.165, 1.54) is 10.9 Å². The van der Waals surface area contributed by atoms with Gasteiger partial charge < -0.3 is 15.6 Å². The maximum atomic E-state index is 11.3. The first-order valence-corrected chi connectivity index (χ1v) is 5.08. The number of nitrogen functional groups attached to an aromatic ring is 1. The van der Waals surface area contributed by atoms with Gasteiger partial charge in [0.25, 0.3) is 0 Å². The first kappa shape index (κ1) is 12.6. The van der Waals surface area contributed by atoms with Crippen molar-refractivity contribution in [3.05, 3.63) is 16.8 Å². The molecule has 1 heterocycles. The lowest BCUT2D eigenvalue weighted by Gasteiger charge is -2.11. The zero-order valence-electron chi connectivity index (χ0n) is 9.17. The molecule has 0 aliphatic carbocycles. The van der Waals surface area contributed by atoms with Crippen molar-refractivity contribution in [1.29, 1.82) is 0 Å². The molecule has 16 heavy (non-hydrogen) atoms. The average molecular weight is 228 g/mol. The third kappa shape index (κ3) is 3.95. The standard InChI is InChI=1S/C9H16N4O3/c1-2-3-16-5-7(14)4-13-6-11-8(10)12-9(13)15/h6-7,14H,2-5H2,1H3,(H2,10,12,15). The summed E-state index contributed by atoms with van der Waals surface area (Å²) in [6.07, 6.45) is 1.39.